The number of furan rings is 1. The van der Waals surface area contributed by atoms with Gasteiger partial charge in [0, 0.05) is 11.1 Å². The molecule has 0 aliphatic rings. The first kappa shape index (κ1) is 12.2. The molecule has 2 heterocycles. The number of thiazole rings is 1. The molecule has 1 N–H and O–H groups in total. The van der Waals surface area contributed by atoms with E-state index < -0.39 is 11.2 Å². The van der Waals surface area contributed by atoms with Crippen LogP contribution in [-0.4, -0.2) is 21.3 Å². The Balaban J connectivity index is 1.97. The molecule has 1 unspecified atom stereocenters. The lowest BCUT2D eigenvalue weighted by Crippen LogP contribution is -2.11. The molecule has 6 heteroatoms. The van der Waals surface area contributed by atoms with Crippen LogP contribution in [-0.2, 0) is 10.5 Å². The van der Waals surface area contributed by atoms with Gasteiger partial charge < -0.3 is 9.52 Å². The minimum atomic E-state index is -0.795. The van der Waals surface area contributed by atoms with E-state index in [1.807, 2.05) is 17.5 Å². The Bertz CT molecular complexity index is 493. The normalized spacial score (nSPS) is 12.5. The second kappa shape index (κ2) is 5.37. The molecule has 0 aromatic carbocycles. The number of rotatable bonds is 5. The monoisotopic (exact) mass is 269 g/mol. The third kappa shape index (κ3) is 3.10. The van der Waals surface area contributed by atoms with Gasteiger partial charge in [0.1, 0.15) is 0 Å². The average molecular weight is 269 g/mol. The van der Waals surface area contributed by atoms with Gasteiger partial charge in [-0.05, 0) is 19.1 Å². The van der Waals surface area contributed by atoms with Gasteiger partial charge in [-0.25, -0.2) is 4.98 Å². The molecule has 2 aromatic heterocycles. The molecule has 0 saturated carbocycles. The lowest BCUT2D eigenvalue weighted by molar-refractivity contribution is -0.136. The predicted molar refractivity (Wildman–Crippen MR) is 68.2 cm³/mol. The van der Waals surface area contributed by atoms with Gasteiger partial charge in [-0.2, -0.15) is 0 Å². The number of nitrogens with zero attached hydrogens (tertiary/aromatic N) is 1. The number of carboxylic acid groups (broad SMARTS) is 1. The molecule has 0 bridgehead atoms. The van der Waals surface area contributed by atoms with E-state index in [0.717, 1.165) is 16.5 Å². The summed E-state index contributed by atoms with van der Waals surface area (Å²) in [6, 6.07) is 3.67. The zero-order valence-electron chi connectivity index (χ0n) is 9.12. The van der Waals surface area contributed by atoms with Crippen molar-refractivity contribution in [1.82, 2.24) is 4.98 Å². The van der Waals surface area contributed by atoms with Gasteiger partial charge in [-0.15, -0.1) is 23.1 Å². The van der Waals surface area contributed by atoms with Gasteiger partial charge in [-0.3, -0.25) is 4.79 Å². The highest BCUT2D eigenvalue weighted by Crippen LogP contribution is 2.26. The average Bonchev–Trinajstić information content (AvgIpc) is 2.95. The molecule has 4 nitrogen and oxygen atoms in total. The molecule has 0 aliphatic heterocycles. The minimum absolute atomic E-state index is 0.413. The van der Waals surface area contributed by atoms with Gasteiger partial charge in [0.2, 0.25) is 0 Å². The number of hydrogen-bond donors (Lipinski definition) is 1. The topological polar surface area (TPSA) is 63.3 Å². The summed E-state index contributed by atoms with van der Waals surface area (Å²) in [6.45, 7) is 1.67. The molecular weight excluding hydrogens is 258 g/mol. The molecule has 2 aromatic rings. The van der Waals surface area contributed by atoms with E-state index in [-0.39, 0.29) is 0 Å². The molecule has 2 rings (SSSR count). The third-order valence-corrected chi connectivity index (χ3v) is 4.18. The number of hydrogen-bond acceptors (Lipinski definition) is 5. The Morgan fingerprint density at radius 1 is 1.71 bits per heavy atom. The van der Waals surface area contributed by atoms with E-state index in [0.29, 0.717) is 5.75 Å². The van der Waals surface area contributed by atoms with Crippen LogP contribution in [0.3, 0.4) is 0 Å². The van der Waals surface area contributed by atoms with Crippen molar-refractivity contribution in [3.63, 3.8) is 0 Å². The van der Waals surface area contributed by atoms with E-state index in [9.17, 15) is 4.79 Å². The first-order chi connectivity index (χ1) is 8.16. The quantitative estimate of drug-likeness (QED) is 0.903. The van der Waals surface area contributed by atoms with Gasteiger partial charge in [0.25, 0.3) is 0 Å². The zero-order valence-corrected chi connectivity index (χ0v) is 10.8. The fourth-order valence-corrected chi connectivity index (χ4v) is 2.77. The molecule has 0 spiro atoms. The van der Waals surface area contributed by atoms with Crippen molar-refractivity contribution >= 4 is 29.1 Å². The van der Waals surface area contributed by atoms with E-state index in [2.05, 4.69) is 4.98 Å². The fraction of sp³-hybridized carbons (Fsp3) is 0.273. The molecule has 0 aliphatic carbocycles. The second-order valence-corrected chi connectivity index (χ2v) is 5.60. The maximum Gasteiger partial charge on any atom is 0.316 e. The Labute approximate surface area is 107 Å². The van der Waals surface area contributed by atoms with Crippen LogP contribution in [0.15, 0.2) is 28.2 Å². The fourth-order valence-electron chi connectivity index (χ4n) is 1.17. The summed E-state index contributed by atoms with van der Waals surface area (Å²) in [6.07, 6.45) is 1.61. The number of carbonyl (C=O) groups is 1. The SMILES string of the molecule is CC(SCc1csc(-c2ccco2)n1)C(=O)O. The van der Waals surface area contributed by atoms with Crippen LogP contribution in [0.4, 0.5) is 0 Å². The Hall–Kier alpha value is -1.27. The Morgan fingerprint density at radius 2 is 2.53 bits per heavy atom. The second-order valence-electron chi connectivity index (χ2n) is 3.41. The smallest absolute Gasteiger partial charge is 0.316 e. The van der Waals surface area contributed by atoms with Crippen molar-refractivity contribution < 1.29 is 14.3 Å². The summed E-state index contributed by atoms with van der Waals surface area (Å²) in [5, 5.41) is 11.1. The van der Waals surface area contributed by atoms with Crippen molar-refractivity contribution in [2.45, 2.75) is 17.9 Å². The largest absolute Gasteiger partial charge is 0.480 e. The number of aliphatic carboxylic acids is 1. The summed E-state index contributed by atoms with van der Waals surface area (Å²) >= 11 is 2.86. The molecule has 90 valence electrons. The molecule has 17 heavy (non-hydrogen) atoms. The van der Waals surface area contributed by atoms with Crippen LogP contribution in [0.25, 0.3) is 10.8 Å². The maximum atomic E-state index is 10.7. The van der Waals surface area contributed by atoms with Crippen molar-refractivity contribution in [3.05, 3.63) is 29.5 Å². The lowest BCUT2D eigenvalue weighted by Gasteiger charge is -2.02. The summed E-state index contributed by atoms with van der Waals surface area (Å²) < 4.78 is 5.24. The van der Waals surface area contributed by atoms with Gasteiger partial charge in [0.15, 0.2) is 10.8 Å². The first-order valence-electron chi connectivity index (χ1n) is 4.99. The predicted octanol–water partition coefficient (Wildman–Crippen LogP) is 3.11. The van der Waals surface area contributed by atoms with Gasteiger partial charge >= 0.3 is 5.97 Å². The molecular formula is C11H11NO3S2. The van der Waals surface area contributed by atoms with Crippen LogP contribution >= 0.6 is 23.1 Å². The van der Waals surface area contributed by atoms with Crippen molar-refractivity contribution in [2.75, 3.05) is 0 Å². The zero-order chi connectivity index (χ0) is 12.3. The Kier molecular flexibility index (Phi) is 3.86. The van der Waals surface area contributed by atoms with E-state index >= 15 is 0 Å². The highest BCUT2D eigenvalue weighted by Gasteiger charge is 2.13. The van der Waals surface area contributed by atoms with Crippen molar-refractivity contribution in [2.24, 2.45) is 0 Å². The highest BCUT2D eigenvalue weighted by molar-refractivity contribution is 7.99. The van der Waals surface area contributed by atoms with Crippen LogP contribution in [0.5, 0.6) is 0 Å². The first-order valence-corrected chi connectivity index (χ1v) is 6.92. The number of thioether (sulfide) groups is 1. The van der Waals surface area contributed by atoms with Crippen LogP contribution in [0, 0.1) is 0 Å². The third-order valence-electron chi connectivity index (χ3n) is 2.11. The molecule has 0 fully saturated rings. The van der Waals surface area contributed by atoms with Gasteiger partial charge in [0.05, 0.1) is 17.2 Å². The Morgan fingerprint density at radius 3 is 3.18 bits per heavy atom. The van der Waals surface area contributed by atoms with Crippen molar-refractivity contribution in [3.8, 4) is 10.8 Å². The van der Waals surface area contributed by atoms with E-state index in [1.165, 1.54) is 23.1 Å². The summed E-state index contributed by atoms with van der Waals surface area (Å²) in [4.78, 5) is 15.1. The van der Waals surface area contributed by atoms with Crippen LogP contribution < -0.4 is 0 Å². The number of aromatic nitrogens is 1. The molecule has 0 radical (unpaired) electrons. The van der Waals surface area contributed by atoms with Crippen LogP contribution in [0.1, 0.15) is 12.6 Å². The lowest BCUT2D eigenvalue weighted by atomic mass is 10.5. The standard InChI is InChI=1S/C11H11NO3S2/c1-7(11(13)14)16-5-8-6-17-10(12-8)9-3-2-4-15-9/h2-4,6-7H,5H2,1H3,(H,13,14). The van der Waals surface area contributed by atoms with Crippen molar-refractivity contribution in [1.29, 1.82) is 0 Å². The molecule has 0 amide bonds. The van der Waals surface area contributed by atoms with Gasteiger partial charge in [-0.1, -0.05) is 0 Å². The van der Waals surface area contributed by atoms with Crippen LogP contribution in [0.2, 0.25) is 0 Å². The van der Waals surface area contributed by atoms with E-state index in [4.69, 9.17) is 9.52 Å². The summed E-state index contributed by atoms with van der Waals surface area (Å²) in [7, 11) is 0. The molecule has 0 saturated heterocycles. The van der Waals surface area contributed by atoms with E-state index in [1.54, 1.807) is 13.2 Å². The molecule has 1 atom stereocenters. The number of carboxylic acids is 1. The minimum Gasteiger partial charge on any atom is -0.480 e. The highest BCUT2D eigenvalue weighted by atomic mass is 32.2. The maximum absolute atomic E-state index is 10.7. The summed E-state index contributed by atoms with van der Waals surface area (Å²) in [5.41, 5.74) is 0.888. The summed E-state index contributed by atoms with van der Waals surface area (Å²) in [5.74, 6) is 0.555.